The molecule has 0 bridgehead atoms. The summed E-state index contributed by atoms with van der Waals surface area (Å²) in [5.74, 6) is -1.13. The van der Waals surface area contributed by atoms with Gasteiger partial charge in [-0.1, -0.05) is 109 Å². The molecule has 0 saturated heterocycles. The van der Waals surface area contributed by atoms with Crippen molar-refractivity contribution in [2.45, 2.75) is 5.92 Å². The first-order valence-corrected chi connectivity index (χ1v) is 14.1. The van der Waals surface area contributed by atoms with E-state index in [0.29, 0.717) is 45.5 Å². The Balaban J connectivity index is 1.20. The Morgan fingerprint density at radius 2 is 0.932 bits per heavy atom. The van der Waals surface area contributed by atoms with Gasteiger partial charge in [-0.25, -0.2) is 19.9 Å². The number of halogens is 2. The van der Waals surface area contributed by atoms with E-state index in [1.54, 1.807) is 30.5 Å². The van der Waals surface area contributed by atoms with Gasteiger partial charge in [0.15, 0.2) is 23.2 Å². The largest absolute Gasteiger partial charge is 0.436 e. The summed E-state index contributed by atoms with van der Waals surface area (Å²) in [6.07, 6.45) is 1.61. The van der Waals surface area contributed by atoms with Crippen molar-refractivity contribution in [1.82, 2.24) is 19.9 Å². The van der Waals surface area contributed by atoms with Crippen LogP contribution in [0.4, 0.5) is 8.78 Å². The van der Waals surface area contributed by atoms with Crippen molar-refractivity contribution in [3.8, 4) is 68.1 Å². The fourth-order valence-corrected chi connectivity index (χ4v) is 5.58. The molecular formula is C37H22F2N4O. The fourth-order valence-electron chi connectivity index (χ4n) is 5.58. The highest BCUT2D eigenvalue weighted by Gasteiger charge is 2.45. The van der Waals surface area contributed by atoms with Gasteiger partial charge in [-0.15, -0.1) is 0 Å². The minimum atomic E-state index is -3.25. The molecule has 7 heteroatoms. The average molecular weight is 577 g/mol. The van der Waals surface area contributed by atoms with Crippen molar-refractivity contribution >= 4 is 0 Å². The molecule has 2 aromatic heterocycles. The average Bonchev–Trinajstić information content (AvgIpc) is 3.67. The molecule has 5 nitrogen and oxygen atoms in total. The second kappa shape index (κ2) is 10.2. The van der Waals surface area contributed by atoms with Crippen LogP contribution >= 0.6 is 0 Å². The number of rotatable bonds is 5. The summed E-state index contributed by atoms with van der Waals surface area (Å²) in [7, 11) is 0. The maximum atomic E-state index is 16.2. The van der Waals surface area contributed by atoms with Crippen LogP contribution in [0.3, 0.4) is 0 Å². The Morgan fingerprint density at radius 1 is 0.477 bits per heavy atom. The maximum Gasteiger partial charge on any atom is 0.299 e. The molecule has 0 aliphatic heterocycles. The SMILES string of the molecule is FC1(F)c2cc(-c3nc(-c4ccccc4)nc(-c4ccccc4)n3)ccc2-c2ccc(-c3ncc(-c4ccccc4)o3)cc21. The van der Waals surface area contributed by atoms with Crippen molar-refractivity contribution in [1.29, 1.82) is 0 Å². The van der Waals surface area contributed by atoms with Gasteiger partial charge in [-0.3, -0.25) is 0 Å². The summed E-state index contributed by atoms with van der Waals surface area (Å²) in [5, 5.41) is 0. The lowest BCUT2D eigenvalue weighted by atomic mass is 10.0. The van der Waals surface area contributed by atoms with E-state index in [1.807, 2.05) is 91.0 Å². The van der Waals surface area contributed by atoms with Gasteiger partial charge in [-0.2, -0.15) is 8.78 Å². The molecule has 1 aliphatic rings. The zero-order valence-electron chi connectivity index (χ0n) is 23.2. The van der Waals surface area contributed by atoms with E-state index < -0.39 is 5.92 Å². The number of benzene rings is 5. The zero-order chi connectivity index (χ0) is 29.7. The van der Waals surface area contributed by atoms with E-state index in [1.165, 1.54) is 12.1 Å². The third-order valence-corrected chi connectivity index (χ3v) is 7.77. The summed E-state index contributed by atoms with van der Waals surface area (Å²) < 4.78 is 38.3. The molecule has 0 N–H and O–H groups in total. The van der Waals surface area contributed by atoms with Gasteiger partial charge in [0.25, 0.3) is 5.92 Å². The molecule has 0 unspecified atom stereocenters. The summed E-state index contributed by atoms with van der Waals surface area (Å²) in [6.45, 7) is 0. The first kappa shape index (κ1) is 25.9. The molecule has 210 valence electrons. The van der Waals surface area contributed by atoms with E-state index in [0.717, 1.165) is 16.7 Å². The van der Waals surface area contributed by atoms with Crippen LogP contribution in [0.2, 0.25) is 0 Å². The summed E-state index contributed by atoms with van der Waals surface area (Å²) in [6, 6.07) is 38.6. The van der Waals surface area contributed by atoms with Crippen LogP contribution in [0.5, 0.6) is 0 Å². The first-order chi connectivity index (χ1) is 21.5. The number of hydrogen-bond acceptors (Lipinski definition) is 5. The number of nitrogens with zero attached hydrogens (tertiary/aromatic N) is 4. The zero-order valence-corrected chi connectivity index (χ0v) is 23.2. The van der Waals surface area contributed by atoms with E-state index in [2.05, 4.69) is 4.98 Å². The third-order valence-electron chi connectivity index (χ3n) is 7.77. The molecule has 8 rings (SSSR count). The van der Waals surface area contributed by atoms with Crippen molar-refractivity contribution in [3.63, 3.8) is 0 Å². The minimum absolute atomic E-state index is 0.0905. The van der Waals surface area contributed by atoms with Gasteiger partial charge in [-0.05, 0) is 29.3 Å². The monoisotopic (exact) mass is 576 g/mol. The molecule has 0 radical (unpaired) electrons. The fraction of sp³-hybridized carbons (Fsp3) is 0.0270. The van der Waals surface area contributed by atoms with Gasteiger partial charge >= 0.3 is 0 Å². The normalized spacial score (nSPS) is 13.0. The van der Waals surface area contributed by atoms with Crippen LogP contribution in [0.15, 0.2) is 138 Å². The number of fused-ring (bicyclic) bond motifs is 3. The highest BCUT2D eigenvalue weighted by molar-refractivity contribution is 5.84. The van der Waals surface area contributed by atoms with Crippen molar-refractivity contribution in [3.05, 3.63) is 145 Å². The van der Waals surface area contributed by atoms with Crippen LogP contribution in [0.25, 0.3) is 68.1 Å². The van der Waals surface area contributed by atoms with Crippen LogP contribution in [-0.4, -0.2) is 19.9 Å². The van der Waals surface area contributed by atoms with Gasteiger partial charge in [0.1, 0.15) is 0 Å². The molecule has 5 aromatic carbocycles. The first-order valence-electron chi connectivity index (χ1n) is 14.1. The maximum absolute atomic E-state index is 16.2. The topological polar surface area (TPSA) is 64.7 Å². The Morgan fingerprint density at radius 3 is 1.48 bits per heavy atom. The molecule has 0 atom stereocenters. The highest BCUT2D eigenvalue weighted by Crippen LogP contribution is 2.52. The Kier molecular flexibility index (Phi) is 5.98. The number of oxazole rings is 1. The van der Waals surface area contributed by atoms with Gasteiger partial charge in [0.2, 0.25) is 5.89 Å². The second-order valence-electron chi connectivity index (χ2n) is 10.5. The molecule has 0 spiro atoms. The minimum Gasteiger partial charge on any atom is -0.436 e. The highest BCUT2D eigenvalue weighted by atomic mass is 19.3. The Labute approximate surface area is 251 Å². The summed E-state index contributed by atoms with van der Waals surface area (Å²) in [5.41, 5.74) is 4.20. The van der Waals surface area contributed by atoms with Crippen LogP contribution in [0.1, 0.15) is 11.1 Å². The summed E-state index contributed by atoms with van der Waals surface area (Å²) in [4.78, 5) is 18.5. The Hall–Kier alpha value is -5.82. The van der Waals surface area contributed by atoms with Crippen LogP contribution < -0.4 is 0 Å². The van der Waals surface area contributed by atoms with Gasteiger partial charge in [0, 0.05) is 38.9 Å². The van der Waals surface area contributed by atoms with Crippen LogP contribution in [-0.2, 0) is 5.92 Å². The standard InChI is InChI=1S/C37H22F2N4O/c38-37(39)30-20-26(35-42-33(24-12-6-2-7-13-24)41-34(43-35)25-14-8-3-9-15-25)16-18-28(30)29-19-17-27(21-31(29)37)36-40-22-32(44-36)23-10-4-1-5-11-23/h1-22H. The summed E-state index contributed by atoms with van der Waals surface area (Å²) >= 11 is 0. The lowest BCUT2D eigenvalue weighted by Crippen LogP contribution is -2.11. The predicted molar refractivity (Wildman–Crippen MR) is 165 cm³/mol. The van der Waals surface area contributed by atoms with E-state index in [9.17, 15) is 0 Å². The molecule has 2 heterocycles. The third kappa shape index (κ3) is 4.37. The number of aromatic nitrogens is 4. The van der Waals surface area contributed by atoms with Crippen LogP contribution in [0, 0.1) is 0 Å². The molecule has 1 aliphatic carbocycles. The number of alkyl halides is 2. The molecule has 7 aromatic rings. The lowest BCUT2D eigenvalue weighted by molar-refractivity contribution is 0.0481. The molecule has 0 amide bonds. The molecule has 0 fully saturated rings. The van der Waals surface area contributed by atoms with Crippen molar-refractivity contribution in [2.75, 3.05) is 0 Å². The van der Waals surface area contributed by atoms with E-state index >= 15 is 8.78 Å². The second-order valence-corrected chi connectivity index (χ2v) is 10.5. The van der Waals surface area contributed by atoms with E-state index in [4.69, 9.17) is 19.4 Å². The van der Waals surface area contributed by atoms with Gasteiger partial charge < -0.3 is 4.42 Å². The smallest absolute Gasteiger partial charge is 0.299 e. The van der Waals surface area contributed by atoms with Crippen molar-refractivity contribution in [2.24, 2.45) is 0 Å². The molecule has 0 saturated carbocycles. The van der Waals surface area contributed by atoms with E-state index in [-0.39, 0.29) is 17.0 Å². The lowest BCUT2D eigenvalue weighted by Gasteiger charge is -2.14. The quantitative estimate of drug-likeness (QED) is 0.204. The predicted octanol–water partition coefficient (Wildman–Crippen LogP) is 9.32. The van der Waals surface area contributed by atoms with Gasteiger partial charge in [0.05, 0.1) is 6.20 Å². The Bertz CT molecular complexity index is 2090. The molecule has 44 heavy (non-hydrogen) atoms. The van der Waals surface area contributed by atoms with Crippen molar-refractivity contribution < 1.29 is 13.2 Å². The molecular weight excluding hydrogens is 554 g/mol. The number of hydrogen-bond donors (Lipinski definition) is 0.